The molecule has 0 radical (unpaired) electrons. The van der Waals surface area contributed by atoms with Gasteiger partial charge in [-0.05, 0) is 36.1 Å². The second-order valence-corrected chi connectivity index (χ2v) is 8.90. The first kappa shape index (κ1) is 27.1. The summed E-state index contributed by atoms with van der Waals surface area (Å²) in [7, 11) is 1.22. The normalized spacial score (nSPS) is 11.5. The lowest BCUT2D eigenvalue weighted by molar-refractivity contribution is -0.144. The number of carbonyl (C=O) groups excluding carboxylic acids is 2. The largest absolute Gasteiger partial charge is 0.465 e. The third-order valence-corrected chi connectivity index (χ3v) is 6.43. The number of benzene rings is 1. The Bertz CT molecular complexity index is 1060. The summed E-state index contributed by atoms with van der Waals surface area (Å²) in [6, 6.07) is 7.36. The van der Waals surface area contributed by atoms with Gasteiger partial charge in [-0.1, -0.05) is 39.2 Å². The number of hydrogen-bond donors (Lipinski definition) is 1. The summed E-state index contributed by atoms with van der Waals surface area (Å²) < 4.78 is 24.0. The molecule has 1 atom stereocenters. The molecule has 0 saturated heterocycles. The molecule has 0 bridgehead atoms. The van der Waals surface area contributed by atoms with Crippen molar-refractivity contribution in [1.29, 1.82) is 5.26 Å². The number of anilines is 1. The maximum absolute atomic E-state index is 13.8. The van der Waals surface area contributed by atoms with E-state index in [0.29, 0.717) is 34.3 Å². The number of thioether (sulfide) groups is 1. The molecule has 1 aromatic heterocycles. The lowest BCUT2D eigenvalue weighted by Gasteiger charge is -2.15. The summed E-state index contributed by atoms with van der Waals surface area (Å²) in [6.07, 6.45) is 4.44. The van der Waals surface area contributed by atoms with Crippen LogP contribution in [0.3, 0.4) is 0 Å². The number of pyridine rings is 1. The van der Waals surface area contributed by atoms with E-state index in [-0.39, 0.29) is 29.5 Å². The molecule has 2 N–H and O–H groups in total. The Labute approximate surface area is 203 Å². The summed E-state index contributed by atoms with van der Waals surface area (Å²) in [4.78, 5) is 29.2. The van der Waals surface area contributed by atoms with Gasteiger partial charge in [0, 0.05) is 11.3 Å². The summed E-state index contributed by atoms with van der Waals surface area (Å²) in [6.45, 7) is 4.65. The summed E-state index contributed by atoms with van der Waals surface area (Å²) in [5.41, 5.74) is 6.62. The van der Waals surface area contributed by atoms with Crippen molar-refractivity contribution in [2.75, 3.05) is 25.2 Å². The molecule has 0 saturated carbocycles. The minimum absolute atomic E-state index is 0.0445. The molecule has 9 heteroatoms. The number of methoxy groups -OCH3 is 1. The first-order valence-electron chi connectivity index (χ1n) is 11.2. The van der Waals surface area contributed by atoms with Crippen molar-refractivity contribution in [1.82, 2.24) is 4.98 Å². The molecule has 2 aromatic rings. The predicted molar refractivity (Wildman–Crippen MR) is 130 cm³/mol. The molecular formula is C25H30FN3O4S. The van der Waals surface area contributed by atoms with Crippen LogP contribution in [-0.4, -0.2) is 36.4 Å². The molecule has 0 spiro atoms. The third kappa shape index (κ3) is 7.45. The SMILES string of the molecule is CCCCC(CC)COC(=O)CCSc1cc(-c2ccc(F)c(C#N)c2)c(C(=O)OC)nc1N. The first-order valence-corrected chi connectivity index (χ1v) is 12.2. The van der Waals surface area contributed by atoms with Crippen molar-refractivity contribution >= 4 is 29.5 Å². The topological polar surface area (TPSA) is 115 Å². The van der Waals surface area contributed by atoms with Gasteiger partial charge in [0.1, 0.15) is 17.7 Å². The molecule has 34 heavy (non-hydrogen) atoms. The lowest BCUT2D eigenvalue weighted by Crippen LogP contribution is -2.14. The van der Waals surface area contributed by atoms with E-state index in [1.165, 1.54) is 31.0 Å². The third-order valence-electron chi connectivity index (χ3n) is 5.38. The van der Waals surface area contributed by atoms with Crippen molar-refractivity contribution in [3.8, 4) is 17.2 Å². The van der Waals surface area contributed by atoms with Gasteiger partial charge < -0.3 is 15.2 Å². The van der Waals surface area contributed by atoms with Gasteiger partial charge in [-0.15, -0.1) is 11.8 Å². The molecule has 0 amide bonds. The van der Waals surface area contributed by atoms with Gasteiger partial charge in [-0.3, -0.25) is 4.79 Å². The highest BCUT2D eigenvalue weighted by atomic mass is 32.2. The number of nitriles is 1. The Morgan fingerprint density at radius 2 is 2.06 bits per heavy atom. The standard InChI is InChI=1S/C25H30FN3O4S/c1-4-6-7-16(5-2)15-33-22(30)10-11-34-21-13-19(23(25(31)32-3)29-24(21)28)17-8-9-20(26)18(12-17)14-27/h8-9,12-13,16H,4-7,10-11,15H2,1-3H3,(H2,28,29). The Morgan fingerprint density at radius 3 is 2.71 bits per heavy atom. The predicted octanol–water partition coefficient (Wildman–Crippen LogP) is 5.37. The maximum Gasteiger partial charge on any atom is 0.357 e. The van der Waals surface area contributed by atoms with Crippen LogP contribution in [0.1, 0.15) is 62.0 Å². The van der Waals surface area contributed by atoms with Gasteiger partial charge >= 0.3 is 11.9 Å². The highest BCUT2D eigenvalue weighted by molar-refractivity contribution is 7.99. The van der Waals surface area contributed by atoms with Crippen LogP contribution < -0.4 is 5.73 Å². The molecular weight excluding hydrogens is 457 g/mol. The Hall–Kier alpha value is -3.12. The zero-order chi connectivity index (χ0) is 25.1. The van der Waals surface area contributed by atoms with Crippen LogP contribution in [0.4, 0.5) is 10.2 Å². The van der Waals surface area contributed by atoms with Crippen LogP contribution in [-0.2, 0) is 14.3 Å². The highest BCUT2D eigenvalue weighted by Gasteiger charge is 2.20. The number of aromatic nitrogens is 1. The van der Waals surface area contributed by atoms with E-state index in [2.05, 4.69) is 18.8 Å². The maximum atomic E-state index is 13.8. The van der Waals surface area contributed by atoms with Crippen molar-refractivity contribution < 1.29 is 23.5 Å². The second kappa shape index (κ2) is 13.6. The number of ether oxygens (including phenoxy) is 2. The second-order valence-electron chi connectivity index (χ2n) is 7.76. The van der Waals surface area contributed by atoms with Gasteiger partial charge in [-0.25, -0.2) is 14.2 Å². The van der Waals surface area contributed by atoms with E-state index in [4.69, 9.17) is 20.5 Å². The average Bonchev–Trinajstić information content (AvgIpc) is 2.84. The van der Waals surface area contributed by atoms with Crippen LogP contribution in [0.2, 0.25) is 0 Å². The average molecular weight is 488 g/mol. The smallest absolute Gasteiger partial charge is 0.357 e. The van der Waals surface area contributed by atoms with Gasteiger partial charge in [0.15, 0.2) is 5.69 Å². The molecule has 0 aliphatic heterocycles. The van der Waals surface area contributed by atoms with Gasteiger partial charge in [0.05, 0.1) is 30.6 Å². The van der Waals surface area contributed by atoms with Crippen molar-refractivity contribution in [3.63, 3.8) is 0 Å². The van der Waals surface area contributed by atoms with E-state index < -0.39 is 11.8 Å². The van der Waals surface area contributed by atoms with E-state index in [0.717, 1.165) is 31.7 Å². The minimum atomic E-state index is -0.710. The van der Waals surface area contributed by atoms with Crippen LogP contribution in [0.5, 0.6) is 0 Å². The Morgan fingerprint density at radius 1 is 1.29 bits per heavy atom. The van der Waals surface area contributed by atoms with Crippen LogP contribution in [0, 0.1) is 23.1 Å². The van der Waals surface area contributed by atoms with Crippen molar-refractivity contribution in [2.24, 2.45) is 5.92 Å². The number of nitrogens with two attached hydrogens (primary N) is 1. The fourth-order valence-electron chi connectivity index (χ4n) is 3.30. The monoisotopic (exact) mass is 487 g/mol. The fourth-order valence-corrected chi connectivity index (χ4v) is 4.18. The molecule has 2 rings (SSSR count). The number of unbranched alkanes of at least 4 members (excludes halogenated alkanes) is 1. The van der Waals surface area contributed by atoms with Crippen LogP contribution >= 0.6 is 11.8 Å². The van der Waals surface area contributed by atoms with Crippen LogP contribution in [0.25, 0.3) is 11.1 Å². The molecule has 0 aliphatic rings. The Kier molecular flexibility index (Phi) is 10.8. The highest BCUT2D eigenvalue weighted by Crippen LogP contribution is 2.33. The number of halogens is 1. The summed E-state index contributed by atoms with van der Waals surface area (Å²) >= 11 is 1.30. The number of hydrogen-bond acceptors (Lipinski definition) is 8. The minimum Gasteiger partial charge on any atom is -0.465 e. The lowest BCUT2D eigenvalue weighted by atomic mass is 10.0. The molecule has 7 nitrogen and oxygen atoms in total. The quantitative estimate of drug-likeness (QED) is 0.314. The molecule has 182 valence electrons. The van der Waals surface area contributed by atoms with E-state index >= 15 is 0 Å². The van der Waals surface area contributed by atoms with E-state index in [1.807, 2.05) is 0 Å². The zero-order valence-corrected chi connectivity index (χ0v) is 20.5. The first-order chi connectivity index (χ1) is 16.3. The number of esters is 2. The van der Waals surface area contributed by atoms with E-state index in [1.54, 1.807) is 12.1 Å². The summed E-state index contributed by atoms with van der Waals surface area (Å²) in [5.74, 6) is -0.770. The van der Waals surface area contributed by atoms with E-state index in [9.17, 15) is 14.0 Å². The van der Waals surface area contributed by atoms with Gasteiger partial charge in [0.2, 0.25) is 0 Å². The zero-order valence-electron chi connectivity index (χ0n) is 19.7. The molecule has 0 aliphatic carbocycles. The number of nitrogens with zero attached hydrogens (tertiary/aromatic N) is 2. The van der Waals surface area contributed by atoms with Gasteiger partial charge in [-0.2, -0.15) is 5.26 Å². The van der Waals surface area contributed by atoms with Crippen LogP contribution in [0.15, 0.2) is 29.2 Å². The number of carbonyl (C=O) groups is 2. The molecule has 1 unspecified atom stereocenters. The van der Waals surface area contributed by atoms with Crippen molar-refractivity contribution in [3.05, 3.63) is 41.3 Å². The Balaban J connectivity index is 2.14. The van der Waals surface area contributed by atoms with Crippen molar-refractivity contribution in [2.45, 2.75) is 50.8 Å². The molecule has 1 heterocycles. The number of nitrogen functional groups attached to an aromatic ring is 1. The molecule has 0 fully saturated rings. The molecule has 1 aromatic carbocycles. The van der Waals surface area contributed by atoms with Gasteiger partial charge in [0.25, 0.3) is 0 Å². The fraction of sp³-hybridized carbons (Fsp3) is 0.440. The summed E-state index contributed by atoms with van der Waals surface area (Å²) in [5, 5.41) is 9.15. The number of rotatable bonds is 12.